The summed E-state index contributed by atoms with van der Waals surface area (Å²) < 4.78 is 14.9. The second-order valence-corrected chi connectivity index (χ2v) is 7.79. The van der Waals surface area contributed by atoms with E-state index in [4.69, 9.17) is 0 Å². The predicted octanol–water partition coefficient (Wildman–Crippen LogP) is 5.50. The number of alkyl halides is 1. The van der Waals surface area contributed by atoms with Gasteiger partial charge in [-0.2, -0.15) is 0 Å². The van der Waals surface area contributed by atoms with Crippen LogP contribution in [0.3, 0.4) is 0 Å². The van der Waals surface area contributed by atoms with Crippen LogP contribution >= 0.6 is 7.92 Å². The Morgan fingerprint density at radius 3 is 2.59 bits per heavy atom. The van der Waals surface area contributed by atoms with Crippen molar-refractivity contribution in [3.63, 3.8) is 0 Å². The van der Waals surface area contributed by atoms with Gasteiger partial charge in [-0.25, -0.2) is 4.39 Å². The largest absolute Gasteiger partial charge is 0.234 e. The van der Waals surface area contributed by atoms with Gasteiger partial charge in [0.15, 0.2) is 5.41 Å². The second-order valence-electron chi connectivity index (χ2n) is 5.15. The first-order valence-electron chi connectivity index (χ1n) is 6.90. The fourth-order valence-corrected chi connectivity index (χ4v) is 5.47. The minimum Gasteiger partial charge on any atom is -0.234 e. The van der Waals surface area contributed by atoms with Crippen LogP contribution in [0.2, 0.25) is 0 Å². The van der Waals surface area contributed by atoms with Gasteiger partial charge in [0.1, 0.15) is 0 Å². The summed E-state index contributed by atoms with van der Waals surface area (Å²) >= 11 is 0. The summed E-state index contributed by atoms with van der Waals surface area (Å²) in [5.74, 6) is 0.671. The first kappa shape index (κ1) is 14.9. The Morgan fingerprint density at radius 1 is 1.29 bits per heavy atom. The molecule has 0 amide bonds. The van der Waals surface area contributed by atoms with Crippen LogP contribution < -0.4 is 0 Å². The maximum absolute atomic E-state index is 14.9. The molecule has 17 heavy (non-hydrogen) atoms. The molecule has 2 heteroatoms. The molecular weight excluding hydrogens is 230 g/mol. The zero-order valence-electron chi connectivity index (χ0n) is 11.5. The molecule has 0 nitrogen and oxygen atoms in total. The number of hydrogen-bond acceptors (Lipinski definition) is 0. The molecule has 0 aromatic rings. The summed E-state index contributed by atoms with van der Waals surface area (Å²) in [4.78, 5) is 0. The number of allylic oxidation sites excluding steroid dienone is 4. The Morgan fingerprint density at radius 2 is 2.06 bits per heavy atom. The van der Waals surface area contributed by atoms with E-state index in [9.17, 15) is 4.39 Å². The van der Waals surface area contributed by atoms with Crippen molar-refractivity contribution in [2.45, 2.75) is 51.9 Å². The maximum Gasteiger partial charge on any atom is 0.151 e. The zero-order valence-corrected chi connectivity index (χ0v) is 12.3. The summed E-state index contributed by atoms with van der Waals surface area (Å²) in [6, 6.07) is 0. The van der Waals surface area contributed by atoms with Gasteiger partial charge in [0, 0.05) is 6.42 Å². The minimum atomic E-state index is -1.03. The molecule has 0 spiro atoms. The molecule has 0 bridgehead atoms. The van der Waals surface area contributed by atoms with E-state index in [2.05, 4.69) is 20.8 Å². The molecule has 98 valence electrons. The van der Waals surface area contributed by atoms with Crippen LogP contribution in [0.15, 0.2) is 24.3 Å². The summed E-state index contributed by atoms with van der Waals surface area (Å²) in [6.45, 7) is 6.67. The van der Waals surface area contributed by atoms with E-state index in [0.29, 0.717) is 12.3 Å². The first-order valence-corrected chi connectivity index (χ1v) is 8.62. The molecule has 0 saturated carbocycles. The monoisotopic (exact) mass is 256 g/mol. The summed E-state index contributed by atoms with van der Waals surface area (Å²) in [5.41, 5.74) is 0. The number of halogens is 1. The first-order chi connectivity index (χ1) is 8.12. The van der Waals surface area contributed by atoms with Crippen molar-refractivity contribution in [1.82, 2.24) is 0 Å². The SMILES string of the molecule is CCCC(C)CP(CCC)C1(F)C=CC=CC1. The van der Waals surface area contributed by atoms with Crippen molar-refractivity contribution in [3.05, 3.63) is 24.3 Å². The van der Waals surface area contributed by atoms with Crippen LogP contribution in [0.25, 0.3) is 0 Å². The van der Waals surface area contributed by atoms with E-state index in [1.165, 1.54) is 12.8 Å². The molecule has 0 aromatic carbocycles. The van der Waals surface area contributed by atoms with E-state index in [1.54, 1.807) is 0 Å². The van der Waals surface area contributed by atoms with Crippen LogP contribution in [0, 0.1) is 5.92 Å². The summed E-state index contributed by atoms with van der Waals surface area (Å²) in [6.07, 6.45) is 13.9. The summed E-state index contributed by atoms with van der Waals surface area (Å²) in [7, 11) is -0.517. The fraction of sp³-hybridized carbons (Fsp3) is 0.733. The molecule has 0 aliphatic heterocycles. The van der Waals surface area contributed by atoms with Gasteiger partial charge in [-0.05, 0) is 24.3 Å². The Hall–Kier alpha value is -0.160. The lowest BCUT2D eigenvalue weighted by molar-refractivity contribution is 0.345. The third kappa shape index (κ3) is 4.54. The van der Waals surface area contributed by atoms with Gasteiger partial charge in [0.25, 0.3) is 0 Å². The highest BCUT2D eigenvalue weighted by Crippen LogP contribution is 2.56. The van der Waals surface area contributed by atoms with Gasteiger partial charge in [0.05, 0.1) is 0 Å². The van der Waals surface area contributed by atoms with Gasteiger partial charge in [-0.15, -0.1) is 0 Å². The Labute approximate surface area is 107 Å². The third-order valence-corrected chi connectivity index (χ3v) is 6.77. The Bertz CT molecular complexity index is 272. The quantitative estimate of drug-likeness (QED) is 0.528. The van der Waals surface area contributed by atoms with Crippen molar-refractivity contribution >= 4 is 7.92 Å². The normalized spacial score (nSPS) is 27.1. The Balaban J connectivity index is 2.64. The molecule has 0 fully saturated rings. The fourth-order valence-electron chi connectivity index (χ4n) is 2.48. The van der Waals surface area contributed by atoms with E-state index >= 15 is 0 Å². The molecule has 0 N–H and O–H groups in total. The molecule has 0 heterocycles. The van der Waals surface area contributed by atoms with E-state index in [0.717, 1.165) is 18.7 Å². The van der Waals surface area contributed by atoms with Crippen molar-refractivity contribution in [2.75, 3.05) is 12.3 Å². The molecule has 1 rings (SSSR count). The van der Waals surface area contributed by atoms with Crippen LogP contribution in [0.5, 0.6) is 0 Å². The lowest BCUT2D eigenvalue weighted by Crippen LogP contribution is -2.22. The Kier molecular flexibility index (Phi) is 6.41. The van der Waals surface area contributed by atoms with Gasteiger partial charge in [0.2, 0.25) is 0 Å². The average Bonchev–Trinajstić information content (AvgIpc) is 2.30. The minimum absolute atomic E-state index is 0.517. The second kappa shape index (κ2) is 7.31. The van der Waals surface area contributed by atoms with Crippen molar-refractivity contribution in [1.29, 1.82) is 0 Å². The lowest BCUT2D eigenvalue weighted by Gasteiger charge is -2.34. The molecule has 3 atom stereocenters. The maximum atomic E-state index is 14.9. The molecular formula is C15H26FP. The van der Waals surface area contributed by atoms with Crippen LogP contribution in [-0.2, 0) is 0 Å². The van der Waals surface area contributed by atoms with Crippen LogP contribution in [-0.4, -0.2) is 17.7 Å². The van der Waals surface area contributed by atoms with Gasteiger partial charge in [-0.1, -0.05) is 66.2 Å². The molecule has 3 unspecified atom stereocenters. The molecule has 0 aromatic heterocycles. The van der Waals surface area contributed by atoms with Gasteiger partial charge in [-0.3, -0.25) is 0 Å². The van der Waals surface area contributed by atoms with E-state index < -0.39 is 13.3 Å². The average molecular weight is 256 g/mol. The lowest BCUT2D eigenvalue weighted by atomic mass is 10.1. The van der Waals surface area contributed by atoms with Crippen molar-refractivity contribution in [2.24, 2.45) is 5.92 Å². The molecule has 1 aliphatic rings. The topological polar surface area (TPSA) is 0 Å². The van der Waals surface area contributed by atoms with Crippen LogP contribution in [0.4, 0.5) is 4.39 Å². The standard InChI is InChI=1S/C15H26FP/c1-4-9-14(3)13-17(12-5-2)15(16)10-7-6-8-11-15/h6-8,10,14H,4-5,9,11-13H2,1-3H3. The highest BCUT2D eigenvalue weighted by Gasteiger charge is 2.35. The highest BCUT2D eigenvalue weighted by atomic mass is 31.1. The number of rotatable bonds is 7. The van der Waals surface area contributed by atoms with Crippen molar-refractivity contribution in [3.8, 4) is 0 Å². The molecule has 0 saturated heterocycles. The number of hydrogen-bond donors (Lipinski definition) is 0. The van der Waals surface area contributed by atoms with Gasteiger partial charge >= 0.3 is 0 Å². The molecule has 1 aliphatic carbocycles. The predicted molar refractivity (Wildman–Crippen MR) is 77.8 cm³/mol. The highest BCUT2D eigenvalue weighted by molar-refractivity contribution is 7.59. The third-order valence-electron chi connectivity index (χ3n) is 3.34. The molecule has 0 radical (unpaired) electrons. The zero-order chi connectivity index (χ0) is 12.7. The van der Waals surface area contributed by atoms with Gasteiger partial charge < -0.3 is 0 Å². The van der Waals surface area contributed by atoms with Crippen molar-refractivity contribution < 1.29 is 4.39 Å². The van der Waals surface area contributed by atoms with Crippen LogP contribution in [0.1, 0.15) is 46.5 Å². The van der Waals surface area contributed by atoms with E-state index in [1.807, 2.05) is 24.3 Å². The smallest absolute Gasteiger partial charge is 0.151 e. The summed E-state index contributed by atoms with van der Waals surface area (Å²) in [5, 5.41) is -1.03. The van der Waals surface area contributed by atoms with E-state index in [-0.39, 0.29) is 0 Å².